The van der Waals surface area contributed by atoms with Gasteiger partial charge >= 0.3 is 0 Å². The van der Waals surface area contributed by atoms with E-state index in [4.69, 9.17) is 4.74 Å². The summed E-state index contributed by atoms with van der Waals surface area (Å²) in [6, 6.07) is 75.9. The Morgan fingerprint density at radius 1 is 0.356 bits per heavy atom. The van der Waals surface area contributed by atoms with Crippen LogP contribution in [0.3, 0.4) is 0 Å². The van der Waals surface area contributed by atoms with E-state index in [0.29, 0.717) is 0 Å². The van der Waals surface area contributed by atoms with Gasteiger partial charge in [0, 0.05) is 27.8 Å². The molecular weight excluding hydrogens is 714 g/mol. The summed E-state index contributed by atoms with van der Waals surface area (Å²) in [5, 5.41) is 2.40. The predicted octanol–water partition coefficient (Wildman–Crippen LogP) is 9.35. The molecule has 0 N–H and O–H groups in total. The summed E-state index contributed by atoms with van der Waals surface area (Å²) in [6.45, 7) is -0.0241. The minimum absolute atomic E-state index is 0.0244. The van der Waals surface area contributed by atoms with Crippen molar-refractivity contribution >= 4 is 85.1 Å². The van der Waals surface area contributed by atoms with Crippen LogP contribution < -0.4 is 42.4 Å². The first-order valence-corrected chi connectivity index (χ1v) is 20.5. The monoisotopic (exact) mass is 748 g/mol. The van der Waals surface area contributed by atoms with Gasteiger partial charge in [-0.2, -0.15) is 0 Å². The number of rotatable bonds is 4. The highest BCUT2D eigenvalue weighted by Crippen LogP contribution is 2.47. The van der Waals surface area contributed by atoms with Gasteiger partial charge in [0.25, 0.3) is 0 Å². The van der Waals surface area contributed by atoms with Gasteiger partial charge in [-0.05, 0) is 80.5 Å². The van der Waals surface area contributed by atoms with E-state index >= 15 is 0 Å². The van der Waals surface area contributed by atoms with Gasteiger partial charge < -0.3 is 14.2 Å². The summed E-state index contributed by atoms with van der Waals surface area (Å²) in [5.74, 6) is 1.76. The summed E-state index contributed by atoms with van der Waals surface area (Å²) in [4.78, 5) is 2.59. The van der Waals surface area contributed by atoms with Crippen molar-refractivity contribution in [2.45, 2.75) is 0 Å². The third-order valence-corrected chi connectivity index (χ3v) is 12.9. The highest BCUT2D eigenvalue weighted by molar-refractivity contribution is 7.03. The average molecular weight is 749 g/mol. The topological polar surface area (TPSA) is 17.4 Å². The Morgan fingerprint density at radius 2 is 0.881 bits per heavy atom. The second kappa shape index (κ2) is 12.5. The second-order valence-corrected chi connectivity index (χ2v) is 15.9. The van der Waals surface area contributed by atoms with Crippen LogP contribution in [0.1, 0.15) is 0 Å². The van der Waals surface area contributed by atoms with E-state index in [0.717, 1.165) is 22.7 Å². The van der Waals surface area contributed by atoms with Crippen LogP contribution in [0.2, 0.25) is 0 Å². The van der Waals surface area contributed by atoms with Gasteiger partial charge in [-0.15, -0.1) is 0 Å². The zero-order valence-corrected chi connectivity index (χ0v) is 32.1. The maximum atomic E-state index is 6.59. The molecule has 9 aromatic carbocycles. The Labute approximate surface area is 343 Å². The first-order valence-electron chi connectivity index (χ1n) is 20.5. The van der Waals surface area contributed by atoms with Gasteiger partial charge in [-0.3, -0.25) is 0 Å². The maximum absolute atomic E-state index is 6.59. The molecule has 10 aromatic rings. The molecule has 3 aliphatic rings. The van der Waals surface area contributed by atoms with Crippen molar-refractivity contribution in [1.29, 1.82) is 0 Å². The van der Waals surface area contributed by atoms with E-state index in [1.807, 2.05) is 0 Å². The van der Waals surface area contributed by atoms with Crippen LogP contribution in [0.25, 0.3) is 49.7 Å². The molecular formula is C54H34B2N2O. The fraction of sp³-hybridized carbons (Fsp3) is 0. The van der Waals surface area contributed by atoms with Crippen LogP contribution in [0.4, 0.5) is 17.1 Å². The SMILES string of the molecule is c1ccc(-c2ccccc2B2c3ccccc3N3c4cc5c6cccc7c6n(c5cc4B(c4ccccc4-c4ccccc4)c4cccc2c43)-c2ccccc2O7)cc1. The molecule has 0 aliphatic carbocycles. The summed E-state index contributed by atoms with van der Waals surface area (Å²) in [7, 11) is 0. The van der Waals surface area contributed by atoms with Crippen LogP contribution in [0.5, 0.6) is 11.5 Å². The molecule has 1 aromatic heterocycles. The van der Waals surface area contributed by atoms with Crippen molar-refractivity contribution in [3.63, 3.8) is 0 Å². The Balaban J connectivity index is 1.15. The van der Waals surface area contributed by atoms with E-state index in [1.165, 1.54) is 88.4 Å². The first-order chi connectivity index (χ1) is 29.3. The van der Waals surface area contributed by atoms with Gasteiger partial charge in [-0.1, -0.05) is 181 Å². The molecule has 0 saturated carbocycles. The molecule has 0 spiro atoms. The van der Waals surface area contributed by atoms with Crippen molar-refractivity contribution in [1.82, 2.24) is 4.57 Å². The van der Waals surface area contributed by atoms with E-state index in [9.17, 15) is 0 Å². The molecule has 5 heteroatoms. The van der Waals surface area contributed by atoms with Crippen molar-refractivity contribution in [2.24, 2.45) is 0 Å². The van der Waals surface area contributed by atoms with Crippen LogP contribution in [0, 0.1) is 0 Å². The Morgan fingerprint density at radius 3 is 1.58 bits per heavy atom. The molecule has 59 heavy (non-hydrogen) atoms. The fourth-order valence-electron chi connectivity index (χ4n) is 10.6. The lowest BCUT2D eigenvalue weighted by molar-refractivity contribution is 0.476. The lowest BCUT2D eigenvalue weighted by Gasteiger charge is -2.44. The van der Waals surface area contributed by atoms with Crippen LogP contribution >= 0.6 is 0 Å². The number of benzene rings is 9. The van der Waals surface area contributed by atoms with Crippen molar-refractivity contribution in [3.05, 3.63) is 206 Å². The number of hydrogen-bond acceptors (Lipinski definition) is 2. The molecule has 13 rings (SSSR count). The lowest BCUT2D eigenvalue weighted by atomic mass is 9.30. The quantitative estimate of drug-likeness (QED) is 0.167. The zero-order valence-electron chi connectivity index (χ0n) is 32.1. The smallest absolute Gasteiger partial charge is 0.247 e. The Bertz CT molecular complexity index is 3340. The number of aromatic nitrogens is 1. The van der Waals surface area contributed by atoms with Crippen LogP contribution in [-0.2, 0) is 0 Å². The van der Waals surface area contributed by atoms with Gasteiger partial charge in [0.05, 0.1) is 16.7 Å². The standard InChI is InChI=1S/C54H34B2N2O/c1-3-17-35(18-4-1)37-21-7-9-24-41(37)55-43-26-11-12-29-47(43)57-50-33-40-39-23-15-32-52-53(39)58(48-30-13-14-31-51(48)59-52)49(40)34-46(50)56(45-28-16-27-44(55)54(45)57)42-25-10-8-22-38(42)36-19-5-2-6-20-36/h1-34H. The molecule has 0 radical (unpaired) electrons. The molecule has 0 bridgehead atoms. The van der Waals surface area contributed by atoms with E-state index in [2.05, 4.69) is 216 Å². The number of para-hydroxylation sites is 5. The number of fused-ring (bicyclic) bond motifs is 9. The number of nitrogens with zero attached hydrogens (tertiary/aromatic N) is 2. The first kappa shape index (κ1) is 32.6. The van der Waals surface area contributed by atoms with E-state index < -0.39 is 0 Å². The molecule has 272 valence electrons. The highest BCUT2D eigenvalue weighted by atomic mass is 16.5. The normalized spacial score (nSPS) is 13.1. The number of hydrogen-bond donors (Lipinski definition) is 0. The highest BCUT2D eigenvalue weighted by Gasteiger charge is 2.44. The predicted molar refractivity (Wildman–Crippen MR) is 249 cm³/mol. The summed E-state index contributed by atoms with van der Waals surface area (Å²) < 4.78 is 9.02. The Kier molecular flexibility index (Phi) is 6.90. The zero-order chi connectivity index (χ0) is 38.6. The molecule has 0 fully saturated rings. The van der Waals surface area contributed by atoms with Gasteiger partial charge in [0.1, 0.15) is 0 Å². The third-order valence-electron chi connectivity index (χ3n) is 12.9. The third kappa shape index (κ3) is 4.61. The molecule has 0 saturated heterocycles. The Hall–Kier alpha value is -7.49. The van der Waals surface area contributed by atoms with Gasteiger partial charge in [0.15, 0.2) is 11.5 Å². The molecule has 3 aliphatic heterocycles. The average Bonchev–Trinajstić information content (AvgIpc) is 3.63. The maximum Gasteiger partial charge on any atom is 0.247 e. The number of ether oxygens (including phenoxy) is 1. The van der Waals surface area contributed by atoms with E-state index in [-0.39, 0.29) is 13.4 Å². The van der Waals surface area contributed by atoms with Crippen molar-refractivity contribution < 1.29 is 4.74 Å². The molecule has 0 amide bonds. The molecule has 3 nitrogen and oxygen atoms in total. The molecule has 4 heterocycles. The minimum atomic E-state index is -0.0485. The van der Waals surface area contributed by atoms with Crippen LogP contribution in [-0.4, -0.2) is 18.0 Å². The van der Waals surface area contributed by atoms with E-state index in [1.54, 1.807) is 0 Å². The summed E-state index contributed by atoms with van der Waals surface area (Å²) in [5.41, 5.74) is 19.9. The second-order valence-electron chi connectivity index (χ2n) is 15.9. The summed E-state index contributed by atoms with van der Waals surface area (Å²) >= 11 is 0. The molecule has 0 unspecified atom stereocenters. The van der Waals surface area contributed by atoms with Gasteiger partial charge in [0.2, 0.25) is 13.4 Å². The summed E-state index contributed by atoms with van der Waals surface area (Å²) in [6.07, 6.45) is 0. The van der Waals surface area contributed by atoms with Crippen molar-refractivity contribution in [2.75, 3.05) is 4.90 Å². The number of anilines is 3. The van der Waals surface area contributed by atoms with Crippen LogP contribution in [0.15, 0.2) is 206 Å². The van der Waals surface area contributed by atoms with Crippen molar-refractivity contribution in [3.8, 4) is 39.4 Å². The van der Waals surface area contributed by atoms with Gasteiger partial charge in [-0.25, -0.2) is 0 Å². The largest absolute Gasteiger partial charge is 0.453 e. The fourth-order valence-corrected chi connectivity index (χ4v) is 10.6. The lowest BCUT2D eigenvalue weighted by Crippen LogP contribution is -2.65. The molecule has 0 atom stereocenters. The minimum Gasteiger partial charge on any atom is -0.453 e.